The van der Waals surface area contributed by atoms with Gasteiger partial charge in [0, 0.05) is 17.6 Å². The molecular formula is C20H25N3O2S. The molecule has 138 valence electrons. The quantitative estimate of drug-likeness (QED) is 0.767. The number of hydrogen-bond acceptors (Lipinski definition) is 4. The van der Waals surface area contributed by atoms with E-state index in [2.05, 4.69) is 10.3 Å². The molecule has 3 rings (SSSR count). The first-order valence-corrected chi connectivity index (χ1v) is 9.94. The summed E-state index contributed by atoms with van der Waals surface area (Å²) in [4.78, 5) is 32.5. The number of carbonyl (C=O) groups is 2. The maximum absolute atomic E-state index is 13.2. The van der Waals surface area contributed by atoms with E-state index in [-0.39, 0.29) is 24.3 Å². The molecule has 6 heteroatoms. The molecule has 1 aliphatic carbocycles. The summed E-state index contributed by atoms with van der Waals surface area (Å²) < 4.78 is 0. The van der Waals surface area contributed by atoms with Crippen molar-refractivity contribution < 1.29 is 9.59 Å². The lowest BCUT2D eigenvalue weighted by Gasteiger charge is -2.26. The molecule has 2 amide bonds. The van der Waals surface area contributed by atoms with Crippen LogP contribution in [0.25, 0.3) is 0 Å². The van der Waals surface area contributed by atoms with Gasteiger partial charge in [-0.05, 0) is 37.7 Å². The van der Waals surface area contributed by atoms with Crippen LogP contribution >= 0.6 is 11.3 Å². The lowest BCUT2D eigenvalue weighted by atomic mass is 9.95. The van der Waals surface area contributed by atoms with Crippen LogP contribution in [0.5, 0.6) is 0 Å². The highest BCUT2D eigenvalue weighted by atomic mass is 32.1. The summed E-state index contributed by atoms with van der Waals surface area (Å²) >= 11 is 1.44. The first kappa shape index (κ1) is 18.6. The van der Waals surface area contributed by atoms with Gasteiger partial charge in [-0.15, -0.1) is 11.3 Å². The lowest BCUT2D eigenvalue weighted by molar-refractivity contribution is -0.136. The fourth-order valence-corrected chi connectivity index (χ4v) is 3.73. The second-order valence-electron chi connectivity index (χ2n) is 6.86. The van der Waals surface area contributed by atoms with Gasteiger partial charge in [-0.3, -0.25) is 9.59 Å². The third kappa shape index (κ3) is 4.91. The highest BCUT2D eigenvalue weighted by Gasteiger charge is 2.31. The van der Waals surface area contributed by atoms with Crippen LogP contribution in [-0.2, 0) is 9.59 Å². The van der Waals surface area contributed by atoms with Gasteiger partial charge in [-0.1, -0.05) is 37.3 Å². The van der Waals surface area contributed by atoms with E-state index in [1.54, 1.807) is 11.1 Å². The molecule has 5 nitrogen and oxygen atoms in total. The number of rotatable bonds is 8. The van der Waals surface area contributed by atoms with Crippen molar-refractivity contribution in [1.29, 1.82) is 0 Å². The maximum atomic E-state index is 13.2. The van der Waals surface area contributed by atoms with Gasteiger partial charge in [-0.2, -0.15) is 0 Å². The number of amides is 2. The molecule has 1 saturated carbocycles. The van der Waals surface area contributed by atoms with E-state index < -0.39 is 0 Å². The minimum atomic E-state index is -0.204. The highest BCUT2D eigenvalue weighted by molar-refractivity contribution is 7.15. The Balaban J connectivity index is 1.69. The molecule has 1 aromatic heterocycles. The second kappa shape index (κ2) is 8.45. The van der Waals surface area contributed by atoms with E-state index in [4.69, 9.17) is 0 Å². The summed E-state index contributed by atoms with van der Waals surface area (Å²) in [6.07, 6.45) is 4.73. The molecule has 2 aromatic rings. The summed E-state index contributed by atoms with van der Waals surface area (Å²) in [6, 6.07) is 9.83. The zero-order chi connectivity index (χ0) is 18.5. The second-order valence-corrected chi connectivity index (χ2v) is 8.09. The third-order valence-corrected chi connectivity index (χ3v) is 5.43. The number of carbonyl (C=O) groups excluding carboxylic acids is 2. The average Bonchev–Trinajstić information content (AvgIpc) is 3.36. The molecular weight excluding hydrogens is 346 g/mol. The Hall–Kier alpha value is -2.21. The number of hydrogen-bond donors (Lipinski definition) is 1. The first-order chi connectivity index (χ1) is 12.6. The average molecular weight is 372 g/mol. The van der Waals surface area contributed by atoms with Crippen molar-refractivity contribution in [3.8, 4) is 0 Å². The van der Waals surface area contributed by atoms with Crippen molar-refractivity contribution >= 4 is 28.3 Å². The van der Waals surface area contributed by atoms with Gasteiger partial charge < -0.3 is 10.2 Å². The summed E-state index contributed by atoms with van der Waals surface area (Å²) in [5, 5.41) is 3.40. The van der Waals surface area contributed by atoms with Crippen LogP contribution < -0.4 is 5.32 Å². The zero-order valence-electron chi connectivity index (χ0n) is 15.3. The summed E-state index contributed by atoms with van der Waals surface area (Å²) in [7, 11) is 0. The van der Waals surface area contributed by atoms with E-state index >= 15 is 0 Å². The van der Waals surface area contributed by atoms with Crippen LogP contribution in [0.2, 0.25) is 0 Å². The molecule has 0 saturated heterocycles. The Morgan fingerprint density at radius 1 is 1.31 bits per heavy atom. The molecule has 0 bridgehead atoms. The third-order valence-electron chi connectivity index (χ3n) is 4.60. The summed E-state index contributed by atoms with van der Waals surface area (Å²) in [6.45, 7) is 4.70. The van der Waals surface area contributed by atoms with Crippen molar-refractivity contribution in [2.75, 3.05) is 18.4 Å². The molecule has 1 fully saturated rings. The Bertz CT molecular complexity index is 755. The molecule has 1 aliphatic rings. The maximum Gasteiger partial charge on any atom is 0.245 e. The van der Waals surface area contributed by atoms with Gasteiger partial charge in [0.1, 0.15) is 0 Å². The Morgan fingerprint density at radius 2 is 2.04 bits per heavy atom. The predicted molar refractivity (Wildman–Crippen MR) is 104 cm³/mol. The van der Waals surface area contributed by atoms with Gasteiger partial charge in [-0.25, -0.2) is 4.98 Å². The number of nitrogens with zero attached hydrogens (tertiary/aromatic N) is 2. The molecule has 0 aliphatic heterocycles. The van der Waals surface area contributed by atoms with E-state index in [1.807, 2.05) is 44.2 Å². The molecule has 26 heavy (non-hydrogen) atoms. The van der Waals surface area contributed by atoms with E-state index in [9.17, 15) is 9.59 Å². The molecule has 1 heterocycles. The molecule has 1 unspecified atom stereocenters. The van der Waals surface area contributed by atoms with Crippen molar-refractivity contribution in [3.05, 3.63) is 47.0 Å². The lowest BCUT2D eigenvalue weighted by Crippen LogP contribution is -2.41. The van der Waals surface area contributed by atoms with Gasteiger partial charge in [0.15, 0.2) is 5.13 Å². The minimum Gasteiger partial charge on any atom is -0.333 e. The van der Waals surface area contributed by atoms with E-state index in [1.165, 1.54) is 11.3 Å². The molecule has 0 spiro atoms. The number of aromatic nitrogens is 1. The van der Waals surface area contributed by atoms with E-state index in [0.717, 1.165) is 29.7 Å². The number of nitrogens with one attached hydrogen (secondary N) is 1. The van der Waals surface area contributed by atoms with Crippen molar-refractivity contribution in [3.63, 3.8) is 0 Å². The summed E-state index contributed by atoms with van der Waals surface area (Å²) in [5.74, 6) is 0.180. The Kier molecular flexibility index (Phi) is 6.04. The van der Waals surface area contributed by atoms with Crippen LogP contribution in [0, 0.1) is 12.8 Å². The standard InChI is InChI=1S/C20H25N3O2S/c1-3-17(16-7-5-4-6-8-16)19(25)23(12-15-9-10-15)13-18(24)22-20-21-11-14(2)26-20/h4-8,11,15,17H,3,9-10,12-13H2,1-2H3,(H,21,22,24). The van der Waals surface area contributed by atoms with Crippen LogP contribution in [0.3, 0.4) is 0 Å². The largest absolute Gasteiger partial charge is 0.333 e. The minimum absolute atomic E-state index is 0.0380. The van der Waals surface area contributed by atoms with Crippen molar-refractivity contribution in [1.82, 2.24) is 9.88 Å². The number of anilines is 1. The monoisotopic (exact) mass is 371 g/mol. The first-order valence-electron chi connectivity index (χ1n) is 9.12. The van der Waals surface area contributed by atoms with Gasteiger partial charge >= 0.3 is 0 Å². The number of thiazole rings is 1. The van der Waals surface area contributed by atoms with Gasteiger partial charge in [0.25, 0.3) is 0 Å². The van der Waals surface area contributed by atoms with Crippen LogP contribution in [0.15, 0.2) is 36.5 Å². The van der Waals surface area contributed by atoms with E-state index in [0.29, 0.717) is 17.6 Å². The SMILES string of the molecule is CCC(C(=O)N(CC(=O)Nc1ncc(C)s1)CC1CC1)c1ccccc1. The molecule has 1 atom stereocenters. The zero-order valence-corrected chi connectivity index (χ0v) is 16.1. The highest BCUT2D eigenvalue weighted by Crippen LogP contribution is 2.31. The van der Waals surface area contributed by atoms with Crippen molar-refractivity contribution in [2.45, 2.75) is 39.0 Å². The molecule has 1 N–H and O–H groups in total. The molecule has 1 aromatic carbocycles. The Morgan fingerprint density at radius 3 is 2.62 bits per heavy atom. The van der Waals surface area contributed by atoms with Crippen LogP contribution in [-0.4, -0.2) is 34.8 Å². The predicted octanol–water partition coefficient (Wildman–Crippen LogP) is 3.82. The van der Waals surface area contributed by atoms with Gasteiger partial charge in [0.05, 0.1) is 12.5 Å². The van der Waals surface area contributed by atoms with Crippen LogP contribution in [0.4, 0.5) is 5.13 Å². The summed E-state index contributed by atoms with van der Waals surface area (Å²) in [5.41, 5.74) is 1.01. The Labute approximate surface area is 158 Å². The number of benzene rings is 1. The number of aryl methyl sites for hydroxylation is 1. The topological polar surface area (TPSA) is 62.3 Å². The van der Waals surface area contributed by atoms with Gasteiger partial charge in [0.2, 0.25) is 11.8 Å². The van der Waals surface area contributed by atoms with Crippen LogP contribution in [0.1, 0.15) is 42.5 Å². The smallest absolute Gasteiger partial charge is 0.245 e. The fraction of sp³-hybridized carbons (Fsp3) is 0.450. The fourth-order valence-electron chi connectivity index (χ4n) is 3.05. The molecule has 0 radical (unpaired) electrons. The normalized spacial score (nSPS) is 14.7. The van der Waals surface area contributed by atoms with Crippen molar-refractivity contribution in [2.24, 2.45) is 5.92 Å².